The zero-order valence-electron chi connectivity index (χ0n) is 3.66. The van der Waals surface area contributed by atoms with E-state index < -0.39 is 16.9 Å². The lowest BCUT2D eigenvalue weighted by Crippen LogP contribution is -2.10. The zero-order valence-corrected chi connectivity index (χ0v) is 5.23. The standard InChI is InChI=1S/C3H3ClF2OS/c4-3(5,6)1-2(7)8/h1H2,(H,7,8)/p-1. The lowest BCUT2D eigenvalue weighted by Gasteiger charge is -2.07. The summed E-state index contributed by atoms with van der Waals surface area (Å²) in [6, 6.07) is 0. The van der Waals surface area contributed by atoms with E-state index in [2.05, 4.69) is 24.2 Å². The van der Waals surface area contributed by atoms with E-state index in [1.807, 2.05) is 0 Å². The second kappa shape index (κ2) is 2.55. The topological polar surface area (TPSA) is 17.1 Å². The summed E-state index contributed by atoms with van der Waals surface area (Å²) in [6.45, 7) is 0. The van der Waals surface area contributed by atoms with Crippen molar-refractivity contribution in [2.45, 2.75) is 11.8 Å². The second-order valence-electron chi connectivity index (χ2n) is 1.16. The average Bonchev–Trinajstić information content (AvgIpc) is 1.21. The Morgan fingerprint density at radius 1 is 1.75 bits per heavy atom. The van der Waals surface area contributed by atoms with Crippen molar-refractivity contribution in [1.82, 2.24) is 0 Å². The van der Waals surface area contributed by atoms with Crippen LogP contribution in [-0.2, 0) is 17.4 Å². The summed E-state index contributed by atoms with van der Waals surface area (Å²) in [5.41, 5.74) is 0. The highest BCUT2D eigenvalue weighted by molar-refractivity contribution is 7.77. The van der Waals surface area contributed by atoms with Crippen LogP contribution in [0.3, 0.4) is 0 Å². The van der Waals surface area contributed by atoms with Gasteiger partial charge in [-0.2, -0.15) is 8.78 Å². The molecule has 0 aromatic rings. The first-order valence-electron chi connectivity index (χ1n) is 1.68. The number of rotatable bonds is 2. The fourth-order valence-electron chi connectivity index (χ4n) is 0.164. The fourth-order valence-corrected chi connectivity index (χ4v) is 0.546. The molecular formula is C3H2ClF2OS-. The van der Waals surface area contributed by atoms with Crippen molar-refractivity contribution in [2.24, 2.45) is 0 Å². The van der Waals surface area contributed by atoms with Gasteiger partial charge in [0.25, 0.3) is 0 Å². The van der Waals surface area contributed by atoms with Gasteiger partial charge in [-0.3, -0.25) is 0 Å². The monoisotopic (exact) mass is 159 g/mol. The van der Waals surface area contributed by atoms with Gasteiger partial charge in [-0.05, 0) is 11.6 Å². The van der Waals surface area contributed by atoms with E-state index in [1.54, 1.807) is 0 Å². The molecule has 0 rings (SSSR count). The molecule has 0 saturated heterocycles. The van der Waals surface area contributed by atoms with Crippen LogP contribution in [0.15, 0.2) is 0 Å². The molecule has 0 N–H and O–H groups in total. The van der Waals surface area contributed by atoms with Gasteiger partial charge >= 0.3 is 5.38 Å². The van der Waals surface area contributed by atoms with Crippen molar-refractivity contribution in [3.05, 3.63) is 0 Å². The molecule has 0 aromatic heterocycles. The first-order valence-corrected chi connectivity index (χ1v) is 2.47. The normalized spacial score (nSPS) is 11.4. The van der Waals surface area contributed by atoms with Gasteiger partial charge in [-0.15, -0.1) is 0 Å². The Bertz CT molecular complexity index is 99.9. The van der Waals surface area contributed by atoms with Crippen molar-refractivity contribution in [2.75, 3.05) is 0 Å². The lowest BCUT2D eigenvalue weighted by atomic mass is 10.5. The van der Waals surface area contributed by atoms with Crippen LogP contribution in [0.25, 0.3) is 0 Å². The van der Waals surface area contributed by atoms with Crippen LogP contribution in [0.1, 0.15) is 6.42 Å². The molecule has 0 saturated carbocycles. The summed E-state index contributed by atoms with van der Waals surface area (Å²) in [7, 11) is 0. The SMILES string of the molecule is O=C([S-])CC(F)(F)Cl. The van der Waals surface area contributed by atoms with Crippen molar-refractivity contribution in [1.29, 1.82) is 0 Å². The molecule has 0 unspecified atom stereocenters. The van der Waals surface area contributed by atoms with E-state index in [1.165, 1.54) is 0 Å². The van der Waals surface area contributed by atoms with Crippen molar-refractivity contribution >= 4 is 29.3 Å². The molecule has 0 aromatic carbocycles. The Hall–Kier alpha value is 0.0400. The van der Waals surface area contributed by atoms with Gasteiger partial charge in [0.05, 0.1) is 6.42 Å². The third-order valence-corrected chi connectivity index (χ3v) is 0.623. The number of hydrogen-bond donors (Lipinski definition) is 0. The highest BCUT2D eigenvalue weighted by Gasteiger charge is 2.23. The summed E-state index contributed by atoms with van der Waals surface area (Å²) in [5, 5.41) is -4.48. The van der Waals surface area contributed by atoms with E-state index in [0.717, 1.165) is 0 Å². The molecule has 0 aliphatic rings. The van der Waals surface area contributed by atoms with Crippen LogP contribution in [0.5, 0.6) is 0 Å². The molecular weight excluding hydrogens is 158 g/mol. The molecule has 0 atom stereocenters. The molecule has 0 aliphatic carbocycles. The van der Waals surface area contributed by atoms with Crippen LogP contribution in [0.2, 0.25) is 0 Å². The largest absolute Gasteiger partial charge is 0.742 e. The maximum atomic E-state index is 11.5. The minimum absolute atomic E-state index is 1.02. The summed E-state index contributed by atoms with van der Waals surface area (Å²) >= 11 is 8.13. The van der Waals surface area contributed by atoms with Crippen LogP contribution in [0, 0.1) is 0 Å². The Kier molecular flexibility index (Phi) is 2.56. The number of alkyl halides is 3. The average molecular weight is 160 g/mol. The van der Waals surface area contributed by atoms with Crippen LogP contribution >= 0.6 is 11.6 Å². The molecule has 0 radical (unpaired) electrons. The van der Waals surface area contributed by atoms with Crippen LogP contribution in [-0.4, -0.2) is 10.5 Å². The molecule has 0 heterocycles. The maximum absolute atomic E-state index is 11.5. The second-order valence-corrected chi connectivity index (χ2v) is 2.17. The predicted molar refractivity (Wildman–Crippen MR) is 27.8 cm³/mol. The molecule has 5 heteroatoms. The third-order valence-electron chi connectivity index (χ3n) is 0.345. The number of hydrogen-bond acceptors (Lipinski definition) is 2. The molecule has 0 bridgehead atoms. The Balaban J connectivity index is 3.55. The van der Waals surface area contributed by atoms with Gasteiger partial charge in [-0.1, -0.05) is 0 Å². The van der Waals surface area contributed by atoms with Crippen molar-refractivity contribution in [3.8, 4) is 0 Å². The Morgan fingerprint density at radius 3 is 2.12 bits per heavy atom. The maximum Gasteiger partial charge on any atom is 0.326 e. The van der Waals surface area contributed by atoms with E-state index in [4.69, 9.17) is 0 Å². The summed E-state index contributed by atoms with van der Waals surface area (Å²) in [4.78, 5) is 9.71. The highest BCUT2D eigenvalue weighted by Crippen LogP contribution is 2.22. The zero-order chi connectivity index (χ0) is 6.78. The first-order chi connectivity index (χ1) is 3.42. The smallest absolute Gasteiger partial charge is 0.326 e. The van der Waals surface area contributed by atoms with E-state index >= 15 is 0 Å². The Labute approximate surface area is 55.4 Å². The molecule has 0 amide bonds. The minimum Gasteiger partial charge on any atom is -0.742 e. The molecule has 0 spiro atoms. The van der Waals surface area contributed by atoms with E-state index in [0.29, 0.717) is 0 Å². The van der Waals surface area contributed by atoms with Gasteiger partial charge in [0.2, 0.25) is 0 Å². The lowest BCUT2D eigenvalue weighted by molar-refractivity contribution is -0.114. The van der Waals surface area contributed by atoms with E-state index in [-0.39, 0.29) is 0 Å². The van der Waals surface area contributed by atoms with E-state index in [9.17, 15) is 13.6 Å². The molecule has 0 fully saturated rings. The number of carbonyl (C=O) groups is 1. The molecule has 1 nitrogen and oxygen atoms in total. The van der Waals surface area contributed by atoms with Gasteiger partial charge < -0.3 is 17.4 Å². The molecule has 8 heavy (non-hydrogen) atoms. The summed E-state index contributed by atoms with van der Waals surface area (Å²) in [5.74, 6) is 0. The summed E-state index contributed by atoms with van der Waals surface area (Å²) < 4.78 is 22.9. The number of halogens is 3. The third kappa shape index (κ3) is 6.04. The van der Waals surface area contributed by atoms with Gasteiger partial charge in [0.1, 0.15) is 0 Å². The van der Waals surface area contributed by atoms with Gasteiger partial charge in [0.15, 0.2) is 0 Å². The van der Waals surface area contributed by atoms with Crippen molar-refractivity contribution in [3.63, 3.8) is 0 Å². The predicted octanol–water partition coefficient (Wildman–Crippen LogP) is 1.28. The molecule has 0 aliphatic heterocycles. The van der Waals surface area contributed by atoms with Gasteiger partial charge in [-0.25, -0.2) is 0 Å². The number of carbonyl (C=O) groups excluding carboxylic acids is 1. The quantitative estimate of drug-likeness (QED) is 0.446. The van der Waals surface area contributed by atoms with Gasteiger partial charge in [0, 0.05) is 5.12 Å². The minimum atomic E-state index is -3.46. The fraction of sp³-hybridized carbons (Fsp3) is 0.667. The van der Waals surface area contributed by atoms with Crippen molar-refractivity contribution < 1.29 is 13.6 Å². The Morgan fingerprint density at radius 2 is 2.12 bits per heavy atom. The van der Waals surface area contributed by atoms with Crippen LogP contribution in [0.4, 0.5) is 8.78 Å². The summed E-state index contributed by atoms with van der Waals surface area (Å²) in [6.07, 6.45) is -1.07. The first kappa shape index (κ1) is 8.04. The van der Waals surface area contributed by atoms with Crippen LogP contribution < -0.4 is 0 Å². The molecule has 48 valence electrons. The highest BCUT2D eigenvalue weighted by atomic mass is 35.5.